The number of urea groups is 1. The average Bonchev–Trinajstić information content (AvgIpc) is 2.52. The molecule has 0 aliphatic heterocycles. The van der Waals surface area contributed by atoms with E-state index in [0.717, 1.165) is 0 Å². The molecule has 0 atom stereocenters. The first-order chi connectivity index (χ1) is 11.1. The van der Waals surface area contributed by atoms with Crippen molar-refractivity contribution in [1.29, 1.82) is 0 Å². The molecule has 122 valence electrons. The van der Waals surface area contributed by atoms with Gasteiger partial charge in [-0.3, -0.25) is 0 Å². The molecular formula is C16H16ClFN2O3. The topological polar surface area (TPSA) is 59.6 Å². The van der Waals surface area contributed by atoms with Crippen LogP contribution in [0.15, 0.2) is 42.5 Å². The van der Waals surface area contributed by atoms with Crippen LogP contribution in [-0.4, -0.2) is 26.3 Å². The van der Waals surface area contributed by atoms with Crippen molar-refractivity contribution in [3.05, 3.63) is 53.3 Å². The normalized spacial score (nSPS) is 10.0. The Morgan fingerprint density at radius 2 is 2.09 bits per heavy atom. The van der Waals surface area contributed by atoms with Crippen molar-refractivity contribution in [3.63, 3.8) is 0 Å². The van der Waals surface area contributed by atoms with Crippen LogP contribution in [0, 0.1) is 5.82 Å². The standard InChI is InChI=1S/C16H16ClFN2O3/c1-22-15-6-5-12(10-14(15)17)20-16(21)19-7-8-23-13-4-2-3-11(18)9-13/h2-6,9-10H,7-8H2,1H3,(H2,19,20,21). The molecule has 0 spiro atoms. The molecule has 0 saturated heterocycles. The molecule has 23 heavy (non-hydrogen) atoms. The molecule has 0 heterocycles. The van der Waals surface area contributed by atoms with Gasteiger partial charge in [0, 0.05) is 11.8 Å². The van der Waals surface area contributed by atoms with Crippen LogP contribution >= 0.6 is 11.6 Å². The predicted octanol–water partition coefficient (Wildman–Crippen LogP) is 3.69. The minimum atomic E-state index is -0.394. The summed E-state index contributed by atoms with van der Waals surface area (Å²) in [6.45, 7) is 0.493. The Morgan fingerprint density at radius 1 is 1.26 bits per heavy atom. The number of rotatable bonds is 6. The summed E-state index contributed by atoms with van der Waals surface area (Å²) in [5, 5.41) is 5.66. The number of ether oxygens (including phenoxy) is 2. The fourth-order valence-corrected chi connectivity index (χ4v) is 2.07. The van der Waals surface area contributed by atoms with Crippen LogP contribution in [0.1, 0.15) is 0 Å². The van der Waals surface area contributed by atoms with E-state index in [4.69, 9.17) is 21.1 Å². The van der Waals surface area contributed by atoms with Gasteiger partial charge in [-0.25, -0.2) is 9.18 Å². The fourth-order valence-electron chi connectivity index (χ4n) is 1.81. The summed E-state index contributed by atoms with van der Waals surface area (Å²) in [5.74, 6) is 0.569. The molecule has 2 N–H and O–H groups in total. The van der Waals surface area contributed by atoms with Crippen molar-refractivity contribution in [3.8, 4) is 11.5 Å². The Morgan fingerprint density at radius 3 is 2.78 bits per heavy atom. The Labute approximate surface area is 138 Å². The maximum absolute atomic E-state index is 13.0. The smallest absolute Gasteiger partial charge is 0.319 e. The van der Waals surface area contributed by atoms with E-state index in [1.807, 2.05) is 0 Å². The van der Waals surface area contributed by atoms with E-state index in [1.165, 1.54) is 19.2 Å². The highest BCUT2D eigenvalue weighted by atomic mass is 35.5. The molecule has 0 aliphatic rings. The van der Waals surface area contributed by atoms with Gasteiger partial charge >= 0.3 is 6.03 Å². The van der Waals surface area contributed by atoms with Crippen molar-refractivity contribution in [1.82, 2.24) is 5.32 Å². The summed E-state index contributed by atoms with van der Waals surface area (Å²) in [7, 11) is 1.51. The van der Waals surface area contributed by atoms with Crippen LogP contribution in [0.5, 0.6) is 11.5 Å². The van der Waals surface area contributed by atoms with E-state index < -0.39 is 6.03 Å². The first-order valence-corrected chi connectivity index (χ1v) is 7.23. The van der Waals surface area contributed by atoms with Crippen LogP contribution in [0.25, 0.3) is 0 Å². The van der Waals surface area contributed by atoms with E-state index in [0.29, 0.717) is 22.2 Å². The highest BCUT2D eigenvalue weighted by Gasteiger charge is 2.05. The maximum Gasteiger partial charge on any atom is 0.319 e. The van der Waals surface area contributed by atoms with Crippen molar-refractivity contribution in [2.24, 2.45) is 0 Å². The molecule has 2 rings (SSSR count). The molecule has 0 aromatic heterocycles. The van der Waals surface area contributed by atoms with Crippen LogP contribution in [0.2, 0.25) is 5.02 Å². The summed E-state index contributed by atoms with van der Waals surface area (Å²) in [4.78, 5) is 11.7. The van der Waals surface area contributed by atoms with Crippen LogP contribution in [-0.2, 0) is 0 Å². The minimum Gasteiger partial charge on any atom is -0.495 e. The third-order valence-electron chi connectivity index (χ3n) is 2.86. The largest absolute Gasteiger partial charge is 0.495 e. The summed E-state index contributed by atoms with van der Waals surface area (Å²) in [6, 6.07) is 10.3. The number of anilines is 1. The lowest BCUT2D eigenvalue weighted by Gasteiger charge is -2.10. The van der Waals surface area contributed by atoms with E-state index in [9.17, 15) is 9.18 Å². The number of amides is 2. The number of hydrogen-bond acceptors (Lipinski definition) is 3. The summed E-state index contributed by atoms with van der Waals surface area (Å²) < 4.78 is 23.3. The molecule has 0 bridgehead atoms. The van der Waals surface area contributed by atoms with Gasteiger partial charge in [-0.1, -0.05) is 17.7 Å². The molecule has 0 unspecified atom stereocenters. The van der Waals surface area contributed by atoms with Gasteiger partial charge in [0.05, 0.1) is 18.7 Å². The molecular weight excluding hydrogens is 323 g/mol. The second-order valence-electron chi connectivity index (χ2n) is 4.54. The highest BCUT2D eigenvalue weighted by Crippen LogP contribution is 2.27. The van der Waals surface area contributed by atoms with Crippen LogP contribution in [0.4, 0.5) is 14.9 Å². The lowest BCUT2D eigenvalue weighted by molar-refractivity contribution is 0.247. The van der Waals surface area contributed by atoms with E-state index >= 15 is 0 Å². The first kappa shape index (κ1) is 16.9. The molecule has 7 heteroatoms. The molecule has 2 aromatic rings. The SMILES string of the molecule is COc1ccc(NC(=O)NCCOc2cccc(F)c2)cc1Cl. The molecule has 0 radical (unpaired) electrons. The van der Waals surface area contributed by atoms with Gasteiger partial charge in [-0.15, -0.1) is 0 Å². The van der Waals surface area contributed by atoms with Gasteiger partial charge in [-0.2, -0.15) is 0 Å². The van der Waals surface area contributed by atoms with Gasteiger partial charge in [0.2, 0.25) is 0 Å². The monoisotopic (exact) mass is 338 g/mol. The van der Waals surface area contributed by atoms with Gasteiger partial charge in [-0.05, 0) is 30.3 Å². The lowest BCUT2D eigenvalue weighted by Crippen LogP contribution is -2.32. The van der Waals surface area contributed by atoms with Crippen molar-refractivity contribution < 1.29 is 18.7 Å². The third kappa shape index (κ3) is 5.34. The summed E-state index contributed by atoms with van der Waals surface area (Å²) >= 11 is 5.97. The van der Waals surface area contributed by atoms with Crippen molar-refractivity contribution >= 4 is 23.3 Å². The zero-order valence-corrected chi connectivity index (χ0v) is 13.2. The second kappa shape index (κ2) is 8.24. The number of carbonyl (C=O) groups excluding carboxylic acids is 1. The first-order valence-electron chi connectivity index (χ1n) is 6.85. The highest BCUT2D eigenvalue weighted by molar-refractivity contribution is 6.32. The number of hydrogen-bond donors (Lipinski definition) is 2. The number of benzene rings is 2. The third-order valence-corrected chi connectivity index (χ3v) is 3.16. The Kier molecular flexibility index (Phi) is 6.05. The molecule has 0 aliphatic carbocycles. The van der Waals surface area contributed by atoms with Gasteiger partial charge in [0.15, 0.2) is 0 Å². The number of halogens is 2. The number of nitrogens with one attached hydrogen (secondary N) is 2. The van der Waals surface area contributed by atoms with Crippen LogP contribution < -0.4 is 20.1 Å². The quantitative estimate of drug-likeness (QED) is 0.790. The van der Waals surface area contributed by atoms with Gasteiger partial charge < -0.3 is 20.1 Å². The molecule has 2 aromatic carbocycles. The molecule has 0 fully saturated rings. The molecule has 2 amide bonds. The zero-order chi connectivity index (χ0) is 16.7. The molecule has 0 saturated carbocycles. The Balaban J connectivity index is 1.74. The number of carbonyl (C=O) groups is 1. The van der Waals surface area contributed by atoms with Crippen molar-refractivity contribution in [2.45, 2.75) is 0 Å². The minimum absolute atomic E-state index is 0.222. The Bertz CT molecular complexity index is 682. The van der Waals surface area contributed by atoms with E-state index in [-0.39, 0.29) is 19.0 Å². The van der Waals surface area contributed by atoms with Crippen molar-refractivity contribution in [2.75, 3.05) is 25.6 Å². The Hall–Kier alpha value is -2.47. The predicted molar refractivity (Wildman–Crippen MR) is 86.9 cm³/mol. The zero-order valence-electron chi connectivity index (χ0n) is 12.4. The summed E-state index contributed by atoms with van der Waals surface area (Å²) in [5.41, 5.74) is 0.541. The van der Waals surface area contributed by atoms with E-state index in [2.05, 4.69) is 10.6 Å². The second-order valence-corrected chi connectivity index (χ2v) is 4.94. The molecule has 5 nitrogen and oxygen atoms in total. The van der Waals surface area contributed by atoms with Crippen LogP contribution in [0.3, 0.4) is 0 Å². The average molecular weight is 339 g/mol. The van der Waals surface area contributed by atoms with Gasteiger partial charge in [0.1, 0.15) is 23.9 Å². The van der Waals surface area contributed by atoms with E-state index in [1.54, 1.807) is 30.3 Å². The fraction of sp³-hybridized carbons (Fsp3) is 0.188. The maximum atomic E-state index is 13.0. The van der Waals surface area contributed by atoms with Gasteiger partial charge in [0.25, 0.3) is 0 Å². The lowest BCUT2D eigenvalue weighted by atomic mass is 10.3. The number of methoxy groups -OCH3 is 1. The summed E-state index contributed by atoms with van der Waals surface area (Å²) in [6.07, 6.45) is 0.